The third kappa shape index (κ3) is 4.16. The number of anilines is 1. The van der Waals surface area contributed by atoms with E-state index in [2.05, 4.69) is 60.5 Å². The van der Waals surface area contributed by atoms with E-state index in [-0.39, 0.29) is 10.3 Å². The topological polar surface area (TPSA) is 92.1 Å². The minimum atomic E-state index is -3.78. The van der Waals surface area contributed by atoms with Crippen molar-refractivity contribution in [3.8, 4) is 0 Å². The number of aryl methyl sites for hydroxylation is 1. The van der Waals surface area contributed by atoms with E-state index in [1.54, 1.807) is 12.1 Å². The van der Waals surface area contributed by atoms with Gasteiger partial charge in [0.1, 0.15) is 13.0 Å². The van der Waals surface area contributed by atoms with Crippen LogP contribution in [0.15, 0.2) is 86.2 Å². The summed E-state index contributed by atoms with van der Waals surface area (Å²) in [6.07, 6.45) is 0. The molecule has 1 aliphatic heterocycles. The van der Waals surface area contributed by atoms with Gasteiger partial charge >= 0.3 is 0 Å². The molecule has 180 valence electrons. The second kappa shape index (κ2) is 8.54. The molecular formula is C25H31N4O3PS. The van der Waals surface area contributed by atoms with Crippen LogP contribution in [0.5, 0.6) is 0 Å². The Balaban J connectivity index is 1.99. The van der Waals surface area contributed by atoms with Gasteiger partial charge in [-0.05, 0) is 74.9 Å². The number of primary sulfonamides is 1. The lowest BCUT2D eigenvalue weighted by atomic mass is 9.84. The summed E-state index contributed by atoms with van der Waals surface area (Å²) in [6, 6.07) is 18.7. The van der Waals surface area contributed by atoms with E-state index in [1.165, 1.54) is 23.4 Å². The highest BCUT2D eigenvalue weighted by Gasteiger charge is 2.41. The standard InChI is InChI=1S/C25H31N4O3PS/c1-18-11-16-24(32-18)33(28(4)5,27-19-12-14-20(15-13-19)34(26,30)31)17-23-25(2,3)21-9-7-8-10-22(21)29(23)6/h7-17H,1-6H3,(H2,26,30,31). The van der Waals surface area contributed by atoms with Crippen molar-refractivity contribution < 1.29 is 12.8 Å². The maximum Gasteiger partial charge on any atom is 0.238 e. The maximum absolute atomic E-state index is 11.7. The first kappa shape index (κ1) is 24.5. The Bertz CT molecular complexity index is 1420. The van der Waals surface area contributed by atoms with Gasteiger partial charge in [-0.2, -0.15) is 0 Å². The molecule has 7 nitrogen and oxygen atoms in total. The Hall–Kier alpha value is -2.64. The van der Waals surface area contributed by atoms with Crippen LogP contribution in [0.25, 0.3) is 0 Å². The first-order valence-corrected chi connectivity index (χ1v) is 14.2. The van der Waals surface area contributed by atoms with Crippen molar-refractivity contribution in [3.05, 3.63) is 83.5 Å². The molecule has 2 heterocycles. The zero-order valence-electron chi connectivity index (χ0n) is 20.4. The zero-order chi connectivity index (χ0) is 24.9. The Kier molecular flexibility index (Phi) is 6.15. The number of rotatable bonds is 5. The third-order valence-corrected chi connectivity index (χ3v) is 10.5. The number of allylic oxidation sites excluding steroid dienone is 1. The monoisotopic (exact) mass is 498 g/mol. The average Bonchev–Trinajstić information content (AvgIpc) is 3.28. The van der Waals surface area contributed by atoms with Gasteiger partial charge in [0, 0.05) is 23.8 Å². The molecule has 34 heavy (non-hydrogen) atoms. The van der Waals surface area contributed by atoms with Crippen molar-refractivity contribution in [1.82, 2.24) is 4.67 Å². The number of sulfonamides is 1. The van der Waals surface area contributed by atoms with Gasteiger partial charge in [0.05, 0.1) is 10.6 Å². The van der Waals surface area contributed by atoms with Gasteiger partial charge < -0.3 is 9.32 Å². The second-order valence-corrected chi connectivity index (χ2v) is 13.8. The molecule has 0 aliphatic carbocycles. The van der Waals surface area contributed by atoms with Gasteiger partial charge in [0.15, 0.2) is 5.50 Å². The number of nitrogens with two attached hydrogens (primary N) is 1. The summed E-state index contributed by atoms with van der Waals surface area (Å²) in [5, 5.41) is 5.28. The Morgan fingerprint density at radius 1 is 1.06 bits per heavy atom. The summed E-state index contributed by atoms with van der Waals surface area (Å²) < 4.78 is 37.0. The van der Waals surface area contributed by atoms with Crippen LogP contribution < -0.4 is 15.5 Å². The van der Waals surface area contributed by atoms with E-state index >= 15 is 0 Å². The highest BCUT2D eigenvalue weighted by Crippen LogP contribution is 2.59. The lowest BCUT2D eigenvalue weighted by Gasteiger charge is -2.31. The molecule has 1 atom stereocenters. The highest BCUT2D eigenvalue weighted by atomic mass is 32.2. The average molecular weight is 499 g/mol. The van der Waals surface area contributed by atoms with Crippen molar-refractivity contribution in [2.45, 2.75) is 31.1 Å². The number of likely N-dealkylation sites (N-methyl/N-ethyl adjacent to an activating group) is 1. The summed E-state index contributed by atoms with van der Waals surface area (Å²) in [6.45, 7) is 6.36. The van der Waals surface area contributed by atoms with Crippen LogP contribution in [0.3, 0.4) is 0 Å². The van der Waals surface area contributed by atoms with Crippen LogP contribution in [0, 0.1) is 6.92 Å². The van der Waals surface area contributed by atoms with Crippen molar-refractivity contribution in [3.63, 3.8) is 0 Å². The van der Waals surface area contributed by atoms with Gasteiger partial charge in [0.25, 0.3) is 0 Å². The molecule has 9 heteroatoms. The molecule has 0 bridgehead atoms. The number of furan rings is 1. The predicted octanol–water partition coefficient (Wildman–Crippen LogP) is 5.14. The minimum absolute atomic E-state index is 0.0551. The van der Waals surface area contributed by atoms with E-state index in [0.29, 0.717) is 5.69 Å². The lowest BCUT2D eigenvalue weighted by molar-refractivity contribution is 0.557. The van der Waals surface area contributed by atoms with Crippen molar-refractivity contribution >= 4 is 34.1 Å². The van der Waals surface area contributed by atoms with Gasteiger partial charge in [-0.1, -0.05) is 32.0 Å². The molecular weight excluding hydrogens is 467 g/mol. The van der Waals surface area contributed by atoms with E-state index in [1.807, 2.05) is 33.2 Å². The third-order valence-electron chi connectivity index (χ3n) is 6.34. The summed E-state index contributed by atoms with van der Waals surface area (Å²) in [4.78, 5) is 2.28. The molecule has 1 unspecified atom stereocenters. The number of fused-ring (bicyclic) bond motifs is 1. The van der Waals surface area contributed by atoms with Crippen LogP contribution in [-0.2, 0) is 15.4 Å². The van der Waals surface area contributed by atoms with E-state index in [9.17, 15) is 8.42 Å². The van der Waals surface area contributed by atoms with Crippen LogP contribution in [-0.4, -0.2) is 34.2 Å². The molecule has 2 aromatic carbocycles. The normalized spacial score (nSPS) is 18.2. The van der Waals surface area contributed by atoms with Crippen molar-refractivity contribution in [2.75, 3.05) is 26.0 Å². The lowest BCUT2D eigenvalue weighted by Crippen LogP contribution is -2.25. The van der Waals surface area contributed by atoms with Gasteiger partial charge in [-0.15, -0.1) is 0 Å². The fraction of sp³-hybridized carbons (Fsp3) is 0.280. The van der Waals surface area contributed by atoms with E-state index < -0.39 is 17.2 Å². The number of para-hydroxylation sites is 1. The van der Waals surface area contributed by atoms with Gasteiger partial charge in [-0.3, -0.25) is 4.67 Å². The largest absolute Gasteiger partial charge is 0.459 e. The number of nitrogens with zero attached hydrogens (tertiary/aromatic N) is 3. The van der Waals surface area contributed by atoms with Gasteiger partial charge in [-0.25, -0.2) is 18.3 Å². The second-order valence-electron chi connectivity index (χ2n) is 9.24. The molecule has 0 amide bonds. The van der Waals surface area contributed by atoms with Crippen LogP contribution >= 0.6 is 7.21 Å². The summed E-state index contributed by atoms with van der Waals surface area (Å²) in [5.41, 5.74) is 4.75. The molecule has 1 aromatic heterocycles. The zero-order valence-corrected chi connectivity index (χ0v) is 22.1. The Labute approximate surface area is 202 Å². The number of hydrogen-bond acceptors (Lipinski definition) is 5. The molecule has 0 fully saturated rings. The molecule has 2 N–H and O–H groups in total. The summed E-state index contributed by atoms with van der Waals surface area (Å²) >= 11 is 0. The maximum atomic E-state index is 11.7. The molecule has 0 saturated heterocycles. The molecule has 0 saturated carbocycles. The first-order valence-electron chi connectivity index (χ1n) is 10.9. The predicted molar refractivity (Wildman–Crippen MR) is 140 cm³/mol. The summed E-state index contributed by atoms with van der Waals surface area (Å²) in [7, 11) is -0.264. The van der Waals surface area contributed by atoms with Crippen LogP contribution in [0.2, 0.25) is 0 Å². The van der Waals surface area contributed by atoms with Gasteiger partial charge in [0.2, 0.25) is 10.0 Å². The fourth-order valence-electron chi connectivity index (χ4n) is 4.42. The Morgan fingerprint density at radius 3 is 2.24 bits per heavy atom. The minimum Gasteiger partial charge on any atom is -0.459 e. The molecule has 0 radical (unpaired) electrons. The Morgan fingerprint density at radius 2 is 1.71 bits per heavy atom. The van der Waals surface area contributed by atoms with Crippen LogP contribution in [0.4, 0.5) is 11.4 Å². The molecule has 3 aromatic rings. The summed E-state index contributed by atoms with van der Waals surface area (Å²) in [5.74, 6) is 3.06. The van der Waals surface area contributed by atoms with Crippen LogP contribution in [0.1, 0.15) is 25.2 Å². The fourth-order valence-corrected chi connectivity index (χ4v) is 7.92. The molecule has 4 rings (SSSR count). The van der Waals surface area contributed by atoms with E-state index in [4.69, 9.17) is 14.3 Å². The first-order chi connectivity index (χ1) is 15.9. The van der Waals surface area contributed by atoms with Crippen molar-refractivity contribution in [2.24, 2.45) is 9.88 Å². The number of benzene rings is 2. The molecule has 0 spiro atoms. The van der Waals surface area contributed by atoms with Crippen molar-refractivity contribution in [1.29, 1.82) is 0 Å². The molecule has 1 aliphatic rings. The number of hydrogen-bond donors (Lipinski definition) is 1. The highest BCUT2D eigenvalue weighted by molar-refractivity contribution is 7.89. The quantitative estimate of drug-likeness (QED) is 0.492. The van der Waals surface area contributed by atoms with E-state index in [0.717, 1.165) is 17.0 Å². The SMILES string of the molecule is Cc1ccc(P(C=C2N(C)c3ccccc3C2(C)C)(=Nc2ccc(S(N)(=O)=O)cc2)N(C)C)o1. The smallest absolute Gasteiger partial charge is 0.238 e.